The number of primary amides is 1. The van der Waals surface area contributed by atoms with Crippen LogP contribution < -0.4 is 11.1 Å². The molecule has 148 valence electrons. The number of aldehydes is 1. The summed E-state index contributed by atoms with van der Waals surface area (Å²) in [5, 5.41) is 19.6. The number of allylic oxidation sites excluding steroid dienone is 1. The molecule has 0 aliphatic rings. The molecule has 1 aromatic carbocycles. The van der Waals surface area contributed by atoms with Crippen LogP contribution in [0.2, 0.25) is 0 Å². The molecule has 0 bridgehead atoms. The van der Waals surface area contributed by atoms with Gasteiger partial charge in [-0.05, 0) is 50.1 Å². The quantitative estimate of drug-likeness (QED) is 0.364. The SMILES string of the molecule is CCCCC(C)NC(=O)c1ccc(N=N/C(C(N)=O)=C(\C)C(C#N)C=O)cc1. The van der Waals surface area contributed by atoms with Gasteiger partial charge in [-0.25, -0.2) is 0 Å². The smallest absolute Gasteiger partial charge is 0.269 e. The van der Waals surface area contributed by atoms with Crippen LogP contribution in [0.1, 0.15) is 50.4 Å². The minimum absolute atomic E-state index is 0.0870. The molecule has 2 unspecified atom stereocenters. The Morgan fingerprint density at radius 1 is 1.32 bits per heavy atom. The van der Waals surface area contributed by atoms with Crippen LogP contribution in [-0.4, -0.2) is 24.1 Å². The molecular formula is C20H25N5O3. The highest BCUT2D eigenvalue weighted by Crippen LogP contribution is 2.19. The standard InChI is InChI=1S/C20H25N5O3/c1-4-5-6-13(2)23-20(28)15-7-9-17(10-8-15)24-25-18(19(22)27)14(3)16(11-21)12-26/h7-10,12-13,16H,4-6H2,1-3H3,(H2,22,27)(H,23,28)/b18-14+,25-24?. The van der Waals surface area contributed by atoms with Crippen LogP contribution in [0.5, 0.6) is 0 Å². The Morgan fingerprint density at radius 3 is 2.46 bits per heavy atom. The summed E-state index contributed by atoms with van der Waals surface area (Å²) < 4.78 is 0. The van der Waals surface area contributed by atoms with Crippen molar-refractivity contribution in [3.8, 4) is 6.07 Å². The van der Waals surface area contributed by atoms with Crippen molar-refractivity contribution in [3.63, 3.8) is 0 Å². The predicted octanol–water partition coefficient (Wildman–Crippen LogP) is 3.18. The van der Waals surface area contributed by atoms with Crippen LogP contribution in [0.15, 0.2) is 45.8 Å². The van der Waals surface area contributed by atoms with Crippen molar-refractivity contribution < 1.29 is 14.4 Å². The average molecular weight is 383 g/mol. The minimum atomic E-state index is -1.12. The van der Waals surface area contributed by atoms with Crippen molar-refractivity contribution in [2.75, 3.05) is 0 Å². The number of benzene rings is 1. The van der Waals surface area contributed by atoms with E-state index >= 15 is 0 Å². The molecule has 8 heteroatoms. The van der Waals surface area contributed by atoms with E-state index in [1.54, 1.807) is 30.3 Å². The number of rotatable bonds is 10. The fourth-order valence-electron chi connectivity index (χ4n) is 2.38. The number of nitrogens with zero attached hydrogens (tertiary/aromatic N) is 3. The van der Waals surface area contributed by atoms with Gasteiger partial charge in [0.05, 0.1) is 11.8 Å². The molecule has 0 saturated carbocycles. The normalized spacial score (nSPS) is 13.9. The maximum absolute atomic E-state index is 12.2. The molecule has 0 aliphatic heterocycles. The molecular weight excluding hydrogens is 358 g/mol. The summed E-state index contributed by atoms with van der Waals surface area (Å²) in [6.45, 7) is 5.49. The summed E-state index contributed by atoms with van der Waals surface area (Å²) in [4.78, 5) is 34.7. The number of unbranched alkanes of at least 4 members (excludes halogenated alkanes) is 1. The van der Waals surface area contributed by atoms with Crippen molar-refractivity contribution >= 4 is 23.8 Å². The summed E-state index contributed by atoms with van der Waals surface area (Å²) in [5.74, 6) is -2.19. The van der Waals surface area contributed by atoms with Crippen LogP contribution in [0.3, 0.4) is 0 Å². The largest absolute Gasteiger partial charge is 0.364 e. The van der Waals surface area contributed by atoms with Gasteiger partial charge in [0, 0.05) is 11.6 Å². The van der Waals surface area contributed by atoms with E-state index in [0.717, 1.165) is 19.3 Å². The van der Waals surface area contributed by atoms with E-state index in [-0.39, 0.29) is 23.2 Å². The molecule has 2 atom stereocenters. The predicted molar refractivity (Wildman–Crippen MR) is 104 cm³/mol. The lowest BCUT2D eigenvalue weighted by atomic mass is 10.0. The highest BCUT2D eigenvalue weighted by molar-refractivity contribution is 5.94. The molecule has 28 heavy (non-hydrogen) atoms. The Balaban J connectivity index is 2.92. The van der Waals surface area contributed by atoms with Gasteiger partial charge in [0.15, 0.2) is 5.70 Å². The van der Waals surface area contributed by atoms with E-state index < -0.39 is 11.8 Å². The van der Waals surface area contributed by atoms with Crippen LogP contribution in [0, 0.1) is 17.2 Å². The molecule has 0 saturated heterocycles. The van der Waals surface area contributed by atoms with Gasteiger partial charge in [0.2, 0.25) is 0 Å². The fourth-order valence-corrected chi connectivity index (χ4v) is 2.38. The van der Waals surface area contributed by atoms with Crippen molar-refractivity contribution in [1.82, 2.24) is 5.32 Å². The van der Waals surface area contributed by atoms with Gasteiger partial charge in [-0.3, -0.25) is 9.59 Å². The number of hydrogen-bond acceptors (Lipinski definition) is 6. The molecule has 0 radical (unpaired) electrons. The highest BCUT2D eigenvalue weighted by Gasteiger charge is 2.17. The number of nitrogens with two attached hydrogens (primary N) is 1. The lowest BCUT2D eigenvalue weighted by Crippen LogP contribution is -2.32. The van der Waals surface area contributed by atoms with E-state index in [1.165, 1.54) is 6.92 Å². The molecule has 8 nitrogen and oxygen atoms in total. The minimum Gasteiger partial charge on any atom is -0.364 e. The summed E-state index contributed by atoms with van der Waals surface area (Å²) in [6, 6.07) is 8.18. The number of nitrogens with one attached hydrogen (secondary N) is 1. The van der Waals surface area contributed by atoms with Crippen LogP contribution in [0.25, 0.3) is 0 Å². The van der Waals surface area contributed by atoms with E-state index in [0.29, 0.717) is 17.5 Å². The number of carbonyl (C=O) groups is 3. The first-order valence-corrected chi connectivity index (χ1v) is 9.02. The van der Waals surface area contributed by atoms with Gasteiger partial charge in [-0.1, -0.05) is 19.8 Å². The average Bonchev–Trinajstić information content (AvgIpc) is 2.67. The third-order valence-corrected chi connectivity index (χ3v) is 4.11. The first-order valence-electron chi connectivity index (χ1n) is 9.02. The second-order valence-electron chi connectivity index (χ2n) is 6.40. The topological polar surface area (TPSA) is 138 Å². The van der Waals surface area contributed by atoms with Crippen molar-refractivity contribution in [1.29, 1.82) is 5.26 Å². The summed E-state index contributed by atoms with van der Waals surface area (Å²) >= 11 is 0. The molecule has 3 N–H and O–H groups in total. The second kappa shape index (κ2) is 11.4. The van der Waals surface area contributed by atoms with Gasteiger partial charge in [-0.2, -0.15) is 10.4 Å². The lowest BCUT2D eigenvalue weighted by Gasteiger charge is -2.13. The second-order valence-corrected chi connectivity index (χ2v) is 6.40. The number of carbonyl (C=O) groups excluding carboxylic acids is 3. The number of azo groups is 1. The number of nitriles is 1. The van der Waals surface area contributed by atoms with E-state index in [1.807, 2.05) is 6.92 Å². The maximum atomic E-state index is 12.2. The molecule has 0 spiro atoms. The Morgan fingerprint density at radius 2 is 1.96 bits per heavy atom. The van der Waals surface area contributed by atoms with E-state index in [9.17, 15) is 14.4 Å². The summed E-state index contributed by atoms with van der Waals surface area (Å²) in [7, 11) is 0. The third kappa shape index (κ3) is 6.76. The molecule has 1 rings (SSSR count). The Labute approximate surface area is 164 Å². The fraction of sp³-hybridized carbons (Fsp3) is 0.400. The van der Waals surface area contributed by atoms with Gasteiger partial charge >= 0.3 is 0 Å². The molecule has 0 aromatic heterocycles. The Bertz CT molecular complexity index is 806. The summed E-state index contributed by atoms with van der Waals surface area (Å²) in [6.07, 6.45) is 3.44. The highest BCUT2D eigenvalue weighted by atomic mass is 16.2. The molecule has 0 heterocycles. The van der Waals surface area contributed by atoms with Crippen molar-refractivity contribution in [3.05, 3.63) is 41.1 Å². The monoisotopic (exact) mass is 383 g/mol. The first kappa shape index (κ1) is 22.7. The molecule has 1 aromatic rings. The van der Waals surface area contributed by atoms with Gasteiger partial charge in [0.1, 0.15) is 12.2 Å². The zero-order valence-corrected chi connectivity index (χ0v) is 16.3. The first-order chi connectivity index (χ1) is 13.3. The van der Waals surface area contributed by atoms with Gasteiger partial charge in [-0.15, -0.1) is 5.11 Å². The maximum Gasteiger partial charge on any atom is 0.269 e. The zero-order chi connectivity index (χ0) is 21.1. The number of amides is 2. The molecule has 0 fully saturated rings. The van der Waals surface area contributed by atoms with E-state index in [4.69, 9.17) is 11.0 Å². The molecule has 2 amide bonds. The number of hydrogen-bond donors (Lipinski definition) is 2. The zero-order valence-electron chi connectivity index (χ0n) is 16.3. The third-order valence-electron chi connectivity index (χ3n) is 4.11. The van der Waals surface area contributed by atoms with Gasteiger partial charge < -0.3 is 15.8 Å². The van der Waals surface area contributed by atoms with E-state index in [2.05, 4.69) is 22.5 Å². The van der Waals surface area contributed by atoms with Crippen LogP contribution in [-0.2, 0) is 9.59 Å². The van der Waals surface area contributed by atoms with Crippen molar-refractivity contribution in [2.24, 2.45) is 21.9 Å². The lowest BCUT2D eigenvalue weighted by molar-refractivity contribution is -0.114. The molecule has 0 aliphatic carbocycles. The Hall–Kier alpha value is -3.34. The Kier molecular flexibility index (Phi) is 9.23. The van der Waals surface area contributed by atoms with Crippen LogP contribution >= 0.6 is 0 Å². The van der Waals surface area contributed by atoms with Crippen molar-refractivity contribution in [2.45, 2.75) is 46.1 Å². The van der Waals surface area contributed by atoms with Crippen LogP contribution in [0.4, 0.5) is 5.69 Å². The van der Waals surface area contributed by atoms with Gasteiger partial charge in [0.25, 0.3) is 11.8 Å². The summed E-state index contributed by atoms with van der Waals surface area (Å²) in [5.41, 5.74) is 6.02.